The average Bonchev–Trinajstić information content (AvgIpc) is 2.44. The van der Waals surface area contributed by atoms with Crippen LogP contribution in [0.25, 0.3) is 0 Å². The van der Waals surface area contributed by atoms with Crippen LogP contribution in [0.1, 0.15) is 17.2 Å². The summed E-state index contributed by atoms with van der Waals surface area (Å²) in [6, 6.07) is 11.9. The summed E-state index contributed by atoms with van der Waals surface area (Å²) >= 11 is 20.7. The number of hydrogen-bond acceptors (Lipinski definition) is 1. The molecule has 0 aliphatic heterocycles. The van der Waals surface area contributed by atoms with Crippen molar-refractivity contribution in [3.05, 3.63) is 66.2 Å². The van der Waals surface area contributed by atoms with Crippen molar-refractivity contribution in [2.24, 2.45) is 0 Å². The van der Waals surface area contributed by atoms with Crippen LogP contribution in [0.3, 0.4) is 0 Å². The molecule has 2 aromatic rings. The summed E-state index contributed by atoms with van der Waals surface area (Å²) in [6.07, 6.45) is 0.757. The number of nitrogens with one attached hydrogen (secondary N) is 1. The Morgan fingerprint density at radius 2 is 1.85 bits per heavy atom. The van der Waals surface area contributed by atoms with E-state index in [0.29, 0.717) is 10.0 Å². The van der Waals surface area contributed by atoms with Crippen molar-refractivity contribution < 1.29 is 0 Å². The maximum atomic E-state index is 6.25. The van der Waals surface area contributed by atoms with Gasteiger partial charge >= 0.3 is 0 Å². The van der Waals surface area contributed by atoms with Crippen molar-refractivity contribution in [1.82, 2.24) is 5.32 Å². The Bertz CT molecular complexity index is 616. The molecule has 0 spiro atoms. The van der Waals surface area contributed by atoms with E-state index in [1.165, 1.54) is 0 Å². The van der Waals surface area contributed by atoms with Crippen molar-refractivity contribution in [3.8, 4) is 0 Å². The Morgan fingerprint density at radius 1 is 1.10 bits per heavy atom. The molecule has 106 valence electrons. The van der Waals surface area contributed by atoms with E-state index in [1.54, 1.807) is 6.07 Å². The normalized spacial score (nSPS) is 12.4. The first-order valence-electron chi connectivity index (χ1n) is 6.08. The van der Waals surface area contributed by atoms with Gasteiger partial charge in [-0.2, -0.15) is 0 Å². The third kappa shape index (κ3) is 3.80. The van der Waals surface area contributed by atoms with Crippen LogP contribution >= 0.6 is 57.4 Å². The van der Waals surface area contributed by atoms with Crippen LogP contribution in [0.15, 0.2) is 36.4 Å². The molecule has 0 bridgehead atoms. The van der Waals surface area contributed by atoms with Crippen molar-refractivity contribution in [2.45, 2.75) is 12.5 Å². The lowest BCUT2D eigenvalue weighted by Crippen LogP contribution is -2.19. The molecule has 1 atom stereocenters. The highest BCUT2D eigenvalue weighted by molar-refractivity contribution is 14.1. The third-order valence-electron chi connectivity index (χ3n) is 3.15. The molecule has 0 aliphatic carbocycles. The van der Waals surface area contributed by atoms with Crippen LogP contribution in [0.5, 0.6) is 0 Å². The molecule has 2 aromatic carbocycles. The molecule has 0 aromatic heterocycles. The number of halogens is 4. The maximum Gasteiger partial charge on any atom is 0.0624 e. The summed E-state index contributed by atoms with van der Waals surface area (Å²) in [4.78, 5) is 0. The molecule has 1 unspecified atom stereocenters. The van der Waals surface area contributed by atoms with E-state index < -0.39 is 0 Å². The standard InChI is InChI=1S/C15H13Cl3IN/c1-20-14(9-5-6-13(19)12(17)7-9)8-10-3-2-4-11(16)15(10)18/h2-7,14,20H,8H2,1H3. The zero-order valence-corrected chi connectivity index (χ0v) is 15.2. The smallest absolute Gasteiger partial charge is 0.0624 e. The SMILES string of the molecule is CNC(Cc1cccc(Cl)c1Cl)c1ccc(I)c(Cl)c1. The van der Waals surface area contributed by atoms with Gasteiger partial charge < -0.3 is 5.32 Å². The highest BCUT2D eigenvalue weighted by atomic mass is 127. The van der Waals surface area contributed by atoms with Crippen LogP contribution < -0.4 is 5.32 Å². The fourth-order valence-electron chi connectivity index (χ4n) is 2.04. The van der Waals surface area contributed by atoms with Gasteiger partial charge in [0, 0.05) is 9.61 Å². The maximum absolute atomic E-state index is 6.25. The first-order valence-corrected chi connectivity index (χ1v) is 8.29. The largest absolute Gasteiger partial charge is 0.313 e. The molecule has 0 fully saturated rings. The molecule has 0 heterocycles. The Morgan fingerprint density at radius 3 is 2.50 bits per heavy atom. The van der Waals surface area contributed by atoms with E-state index in [1.807, 2.05) is 31.3 Å². The van der Waals surface area contributed by atoms with Crippen molar-refractivity contribution >= 4 is 57.4 Å². The van der Waals surface area contributed by atoms with E-state index in [-0.39, 0.29) is 6.04 Å². The zero-order chi connectivity index (χ0) is 14.7. The Hall–Kier alpha value is -0.0000000000000000555. The number of benzene rings is 2. The van der Waals surface area contributed by atoms with Crippen molar-refractivity contribution in [2.75, 3.05) is 7.05 Å². The monoisotopic (exact) mass is 439 g/mol. The third-order valence-corrected chi connectivity index (χ3v) is 5.58. The average molecular weight is 441 g/mol. The van der Waals surface area contributed by atoms with E-state index in [9.17, 15) is 0 Å². The lowest BCUT2D eigenvalue weighted by molar-refractivity contribution is 0.592. The first kappa shape index (κ1) is 16.4. The fraction of sp³-hybridized carbons (Fsp3) is 0.200. The summed E-state index contributed by atoms with van der Waals surface area (Å²) in [7, 11) is 1.93. The van der Waals surface area contributed by atoms with Crippen LogP contribution in [0.4, 0.5) is 0 Å². The number of rotatable bonds is 4. The number of likely N-dealkylation sites (N-methyl/N-ethyl adjacent to an activating group) is 1. The van der Waals surface area contributed by atoms with Crippen LogP contribution in [-0.4, -0.2) is 7.05 Å². The molecule has 0 amide bonds. The summed E-state index contributed by atoms with van der Waals surface area (Å²) in [5.74, 6) is 0. The second-order valence-corrected chi connectivity index (χ2v) is 6.79. The van der Waals surface area contributed by atoms with Gasteiger partial charge in [0.05, 0.1) is 15.1 Å². The van der Waals surface area contributed by atoms with Gasteiger partial charge in [-0.1, -0.05) is 53.0 Å². The molecular formula is C15H13Cl3IN. The van der Waals surface area contributed by atoms with Gasteiger partial charge in [-0.15, -0.1) is 0 Å². The van der Waals surface area contributed by atoms with Gasteiger partial charge in [0.15, 0.2) is 0 Å². The highest BCUT2D eigenvalue weighted by Gasteiger charge is 2.14. The van der Waals surface area contributed by atoms with Gasteiger partial charge in [0.2, 0.25) is 0 Å². The highest BCUT2D eigenvalue weighted by Crippen LogP contribution is 2.30. The number of hydrogen-bond donors (Lipinski definition) is 1. The predicted molar refractivity (Wildman–Crippen MR) is 96.1 cm³/mol. The molecule has 1 N–H and O–H groups in total. The van der Waals surface area contributed by atoms with E-state index >= 15 is 0 Å². The summed E-state index contributed by atoms with van der Waals surface area (Å²) in [5.41, 5.74) is 2.15. The molecule has 2 rings (SSSR count). The topological polar surface area (TPSA) is 12.0 Å². The minimum Gasteiger partial charge on any atom is -0.313 e. The second-order valence-electron chi connectivity index (χ2n) is 4.43. The summed E-state index contributed by atoms with van der Waals surface area (Å²) in [5, 5.41) is 5.26. The Balaban J connectivity index is 2.28. The van der Waals surface area contributed by atoms with Crippen LogP contribution in [-0.2, 0) is 6.42 Å². The molecule has 1 nitrogen and oxygen atoms in total. The van der Waals surface area contributed by atoms with Gasteiger partial charge in [-0.3, -0.25) is 0 Å². The Labute approximate surface area is 147 Å². The summed E-state index contributed by atoms with van der Waals surface area (Å²) in [6.45, 7) is 0. The quantitative estimate of drug-likeness (QED) is 0.597. The lowest BCUT2D eigenvalue weighted by atomic mass is 9.99. The second kappa shape index (κ2) is 7.32. The molecule has 20 heavy (non-hydrogen) atoms. The van der Waals surface area contributed by atoms with Gasteiger partial charge in [-0.25, -0.2) is 0 Å². The molecule has 0 aliphatic rings. The lowest BCUT2D eigenvalue weighted by Gasteiger charge is -2.18. The predicted octanol–water partition coefficient (Wildman–Crippen LogP) is 5.75. The van der Waals surface area contributed by atoms with Crippen molar-refractivity contribution in [1.29, 1.82) is 0 Å². The van der Waals surface area contributed by atoms with Crippen LogP contribution in [0.2, 0.25) is 15.1 Å². The van der Waals surface area contributed by atoms with E-state index in [4.69, 9.17) is 34.8 Å². The molecule has 0 saturated carbocycles. The van der Waals surface area contributed by atoms with Crippen molar-refractivity contribution in [3.63, 3.8) is 0 Å². The Kier molecular flexibility index (Phi) is 5.99. The van der Waals surface area contributed by atoms with E-state index in [0.717, 1.165) is 26.1 Å². The molecule has 5 heteroatoms. The first-order chi connectivity index (χ1) is 9.52. The van der Waals surface area contributed by atoms with Gasteiger partial charge in [0.25, 0.3) is 0 Å². The van der Waals surface area contributed by atoms with Crippen LogP contribution in [0, 0.1) is 3.57 Å². The van der Waals surface area contributed by atoms with Gasteiger partial charge in [-0.05, 0) is 65.4 Å². The molecule has 0 saturated heterocycles. The summed E-state index contributed by atoms with van der Waals surface area (Å²) < 4.78 is 1.05. The van der Waals surface area contributed by atoms with E-state index in [2.05, 4.69) is 34.0 Å². The fourth-order valence-corrected chi connectivity index (χ4v) is 2.96. The minimum atomic E-state index is 0.139. The minimum absolute atomic E-state index is 0.139. The zero-order valence-electron chi connectivity index (χ0n) is 10.8. The molecule has 0 radical (unpaired) electrons. The molecular weight excluding hydrogens is 427 g/mol. The van der Waals surface area contributed by atoms with Gasteiger partial charge in [0.1, 0.15) is 0 Å².